The van der Waals surface area contributed by atoms with Crippen LogP contribution in [0.1, 0.15) is 6.92 Å². The molecule has 0 rings (SSSR count). The SMILES string of the molecule is C[C@@H](O)[C@@](N)(C(=O)O)C(=O)[C@@H](N)CS. The molecule has 0 aliphatic heterocycles. The van der Waals surface area contributed by atoms with Gasteiger partial charge in [0.15, 0.2) is 5.78 Å². The van der Waals surface area contributed by atoms with Crippen molar-refractivity contribution in [3.05, 3.63) is 0 Å². The molecule has 0 fully saturated rings. The first kappa shape index (κ1) is 13.4. The van der Waals surface area contributed by atoms with E-state index < -0.39 is 29.4 Å². The number of nitrogens with two attached hydrogens (primary N) is 2. The van der Waals surface area contributed by atoms with Crippen LogP contribution >= 0.6 is 12.6 Å². The lowest BCUT2D eigenvalue weighted by Gasteiger charge is -2.28. The lowest BCUT2D eigenvalue weighted by Crippen LogP contribution is -2.66. The number of carbonyl (C=O) groups is 2. The Morgan fingerprint density at radius 3 is 2.21 bits per heavy atom. The van der Waals surface area contributed by atoms with E-state index in [1.54, 1.807) is 0 Å². The second-order valence-corrected chi connectivity index (χ2v) is 3.37. The normalized spacial score (nSPS) is 19.5. The molecule has 82 valence electrons. The monoisotopic (exact) mass is 222 g/mol. The van der Waals surface area contributed by atoms with Gasteiger partial charge in [-0.2, -0.15) is 12.6 Å². The molecule has 0 amide bonds. The minimum atomic E-state index is -2.36. The molecule has 0 saturated carbocycles. The maximum atomic E-state index is 11.4. The number of aliphatic hydroxyl groups excluding tert-OH is 1. The van der Waals surface area contributed by atoms with Crippen molar-refractivity contribution in [1.82, 2.24) is 0 Å². The molecule has 6 N–H and O–H groups in total. The van der Waals surface area contributed by atoms with E-state index in [0.29, 0.717) is 0 Å². The van der Waals surface area contributed by atoms with Gasteiger partial charge in [0.25, 0.3) is 0 Å². The van der Waals surface area contributed by atoms with E-state index in [1.165, 1.54) is 0 Å². The Bertz CT molecular complexity index is 246. The summed E-state index contributed by atoms with van der Waals surface area (Å²) in [6.45, 7) is 1.12. The molecule has 0 saturated heterocycles. The van der Waals surface area contributed by atoms with Crippen LogP contribution in [0.15, 0.2) is 0 Å². The van der Waals surface area contributed by atoms with Gasteiger partial charge >= 0.3 is 5.97 Å². The highest BCUT2D eigenvalue weighted by Crippen LogP contribution is 2.11. The average molecular weight is 222 g/mol. The van der Waals surface area contributed by atoms with E-state index in [0.717, 1.165) is 6.92 Å². The molecule has 0 heterocycles. The molecule has 0 aromatic rings. The molecular weight excluding hydrogens is 208 g/mol. The molecule has 0 radical (unpaired) electrons. The van der Waals surface area contributed by atoms with E-state index in [9.17, 15) is 9.59 Å². The van der Waals surface area contributed by atoms with Gasteiger partial charge in [0.1, 0.15) is 0 Å². The second-order valence-electron chi connectivity index (χ2n) is 3.00. The van der Waals surface area contributed by atoms with Gasteiger partial charge in [0, 0.05) is 5.75 Å². The first-order chi connectivity index (χ1) is 6.28. The first-order valence-electron chi connectivity index (χ1n) is 3.89. The van der Waals surface area contributed by atoms with Crippen LogP contribution in [0, 0.1) is 0 Å². The van der Waals surface area contributed by atoms with Gasteiger partial charge in [0.05, 0.1) is 12.1 Å². The summed E-state index contributed by atoms with van der Waals surface area (Å²) in [5.74, 6) is -2.57. The van der Waals surface area contributed by atoms with Crippen molar-refractivity contribution in [2.24, 2.45) is 11.5 Å². The third-order valence-electron chi connectivity index (χ3n) is 1.95. The third-order valence-corrected chi connectivity index (χ3v) is 2.35. The summed E-state index contributed by atoms with van der Waals surface area (Å²) in [4.78, 5) is 22.2. The summed E-state index contributed by atoms with van der Waals surface area (Å²) in [6.07, 6.45) is -1.52. The van der Waals surface area contributed by atoms with Gasteiger partial charge in [-0.05, 0) is 6.92 Å². The molecular formula is C7H14N2O4S. The Kier molecular flexibility index (Phi) is 4.53. The Balaban J connectivity index is 5.03. The molecule has 3 atom stereocenters. The number of aliphatic hydroxyl groups is 1. The van der Waals surface area contributed by atoms with Crippen molar-refractivity contribution in [3.63, 3.8) is 0 Å². The van der Waals surface area contributed by atoms with Crippen molar-refractivity contribution in [2.75, 3.05) is 5.75 Å². The molecule has 0 aromatic heterocycles. The van der Waals surface area contributed by atoms with Gasteiger partial charge < -0.3 is 21.7 Å². The summed E-state index contributed by atoms with van der Waals surface area (Å²) in [7, 11) is 0. The van der Waals surface area contributed by atoms with E-state index >= 15 is 0 Å². The van der Waals surface area contributed by atoms with Crippen LogP contribution in [0.3, 0.4) is 0 Å². The van der Waals surface area contributed by atoms with Crippen LogP contribution in [0.25, 0.3) is 0 Å². The smallest absolute Gasteiger partial charge is 0.334 e. The van der Waals surface area contributed by atoms with Gasteiger partial charge in [-0.1, -0.05) is 0 Å². The maximum absolute atomic E-state index is 11.4. The van der Waals surface area contributed by atoms with Gasteiger partial charge in [-0.15, -0.1) is 0 Å². The van der Waals surface area contributed by atoms with Crippen molar-refractivity contribution < 1.29 is 19.8 Å². The first-order valence-corrected chi connectivity index (χ1v) is 4.52. The van der Waals surface area contributed by atoms with E-state index in [-0.39, 0.29) is 5.75 Å². The number of ketones is 1. The predicted molar refractivity (Wildman–Crippen MR) is 53.1 cm³/mol. The fraction of sp³-hybridized carbons (Fsp3) is 0.714. The number of aliphatic carboxylic acids is 1. The molecule has 0 aliphatic rings. The second kappa shape index (κ2) is 4.74. The Morgan fingerprint density at radius 1 is 1.57 bits per heavy atom. The molecule has 6 nitrogen and oxygen atoms in total. The molecule has 14 heavy (non-hydrogen) atoms. The number of carbonyl (C=O) groups excluding carboxylic acids is 1. The molecule has 7 heteroatoms. The van der Waals surface area contributed by atoms with Crippen LogP contribution < -0.4 is 11.5 Å². The summed E-state index contributed by atoms with van der Waals surface area (Å²) >= 11 is 3.75. The summed E-state index contributed by atoms with van der Waals surface area (Å²) in [5.41, 5.74) is 8.23. The van der Waals surface area contributed by atoms with Crippen LogP contribution in [0.4, 0.5) is 0 Å². The van der Waals surface area contributed by atoms with Gasteiger partial charge in [-0.3, -0.25) is 4.79 Å². The van der Waals surface area contributed by atoms with Crippen LogP contribution in [0.5, 0.6) is 0 Å². The molecule has 0 aliphatic carbocycles. The topological polar surface area (TPSA) is 127 Å². The third kappa shape index (κ3) is 2.24. The van der Waals surface area contributed by atoms with Gasteiger partial charge in [0.2, 0.25) is 5.54 Å². The number of carboxylic acids is 1. The minimum Gasteiger partial charge on any atom is -0.479 e. The molecule has 0 aromatic carbocycles. The van der Waals surface area contributed by atoms with E-state index in [2.05, 4.69) is 12.6 Å². The maximum Gasteiger partial charge on any atom is 0.334 e. The fourth-order valence-electron chi connectivity index (χ4n) is 0.880. The zero-order chi connectivity index (χ0) is 11.5. The number of rotatable bonds is 5. The fourth-order valence-corrected chi connectivity index (χ4v) is 1.05. The van der Waals surface area contributed by atoms with E-state index in [4.69, 9.17) is 21.7 Å². The van der Waals surface area contributed by atoms with Crippen LogP contribution in [-0.4, -0.2) is 45.4 Å². The lowest BCUT2D eigenvalue weighted by atomic mass is 9.86. The quantitative estimate of drug-likeness (QED) is 0.270. The molecule has 0 bridgehead atoms. The van der Waals surface area contributed by atoms with Crippen LogP contribution in [-0.2, 0) is 9.59 Å². The highest BCUT2D eigenvalue weighted by Gasteiger charge is 2.48. The largest absolute Gasteiger partial charge is 0.479 e. The summed E-state index contributed by atoms with van der Waals surface area (Å²) in [6, 6.07) is -1.10. The van der Waals surface area contributed by atoms with Crippen molar-refractivity contribution in [2.45, 2.75) is 24.6 Å². The number of carboxylic acid groups (broad SMARTS) is 1. The standard InChI is InChI=1S/C7H14N2O4S/c1-3(10)7(9,6(12)13)5(11)4(8)2-14/h3-4,10,14H,2,8-9H2,1H3,(H,12,13)/t3-,4+,7+/m1/s1. The average Bonchev–Trinajstić information content (AvgIpc) is 2.13. The van der Waals surface area contributed by atoms with E-state index in [1.807, 2.05) is 0 Å². The summed E-state index contributed by atoms with van der Waals surface area (Å²) < 4.78 is 0. The lowest BCUT2D eigenvalue weighted by molar-refractivity contribution is -0.153. The number of hydrogen-bond donors (Lipinski definition) is 5. The molecule has 0 unspecified atom stereocenters. The minimum absolute atomic E-state index is 0.0300. The highest BCUT2D eigenvalue weighted by atomic mass is 32.1. The Morgan fingerprint density at radius 2 is 2.00 bits per heavy atom. The van der Waals surface area contributed by atoms with Crippen molar-refractivity contribution in [3.8, 4) is 0 Å². The number of Topliss-reactive ketones (excluding diaryl/α,β-unsaturated/α-hetero) is 1. The number of hydrogen-bond acceptors (Lipinski definition) is 6. The highest BCUT2D eigenvalue weighted by molar-refractivity contribution is 7.80. The van der Waals surface area contributed by atoms with Gasteiger partial charge in [-0.25, -0.2) is 4.79 Å². The number of thiol groups is 1. The zero-order valence-electron chi connectivity index (χ0n) is 7.67. The summed E-state index contributed by atoms with van der Waals surface area (Å²) in [5, 5.41) is 17.9. The predicted octanol–water partition coefficient (Wildman–Crippen LogP) is -2.02. The van der Waals surface area contributed by atoms with Crippen LogP contribution in [0.2, 0.25) is 0 Å². The van der Waals surface area contributed by atoms with Crippen molar-refractivity contribution >= 4 is 24.4 Å². The Labute approximate surface area is 86.7 Å². The van der Waals surface area contributed by atoms with Crippen molar-refractivity contribution in [1.29, 1.82) is 0 Å². The zero-order valence-corrected chi connectivity index (χ0v) is 8.57. The Hall–Kier alpha value is -0.630. The molecule has 0 spiro atoms.